The van der Waals surface area contributed by atoms with Crippen molar-refractivity contribution in [1.29, 1.82) is 0 Å². The molecule has 204 valence electrons. The molecule has 0 N–H and O–H groups in total. The molecule has 0 aliphatic carbocycles. The van der Waals surface area contributed by atoms with Crippen LogP contribution >= 0.6 is 49.9 Å². The van der Waals surface area contributed by atoms with E-state index in [-0.39, 0.29) is 12.2 Å². The number of carbonyl (C=O) groups is 1. The van der Waals surface area contributed by atoms with Crippen LogP contribution < -0.4 is 24.4 Å². The van der Waals surface area contributed by atoms with Gasteiger partial charge in [-0.2, -0.15) is 0 Å². The molecule has 0 unspecified atom stereocenters. The van der Waals surface area contributed by atoms with E-state index < -0.39 is 12.0 Å². The molecular formula is C30H24BrIN2O5S. The lowest BCUT2D eigenvalue weighted by Crippen LogP contribution is -2.40. The number of esters is 1. The smallest absolute Gasteiger partial charge is 0.338 e. The first-order valence-electron chi connectivity index (χ1n) is 12.3. The van der Waals surface area contributed by atoms with E-state index in [0.717, 1.165) is 24.7 Å². The van der Waals surface area contributed by atoms with Crippen LogP contribution in [0, 0.1) is 3.57 Å². The molecule has 0 radical (unpaired) electrons. The number of fused-ring (bicyclic) bond motifs is 1. The molecule has 3 aromatic carbocycles. The molecule has 0 fully saturated rings. The van der Waals surface area contributed by atoms with Crippen molar-refractivity contribution in [2.24, 2.45) is 4.99 Å². The summed E-state index contributed by atoms with van der Waals surface area (Å²) in [6.07, 6.45) is 1.80. The van der Waals surface area contributed by atoms with Gasteiger partial charge in [-0.1, -0.05) is 69.7 Å². The third-order valence-electron chi connectivity index (χ3n) is 6.33. The van der Waals surface area contributed by atoms with Crippen molar-refractivity contribution in [3.8, 4) is 11.5 Å². The Morgan fingerprint density at radius 1 is 1.10 bits per heavy atom. The maximum atomic E-state index is 14.1. The number of thiazole rings is 1. The highest BCUT2D eigenvalue weighted by molar-refractivity contribution is 14.1. The minimum atomic E-state index is -0.761. The first kappa shape index (κ1) is 28.3. The second-order valence-electron chi connectivity index (χ2n) is 8.71. The topological polar surface area (TPSA) is 79.1 Å². The van der Waals surface area contributed by atoms with Gasteiger partial charge in [-0.25, -0.2) is 9.79 Å². The fourth-order valence-corrected chi connectivity index (χ4v) is 7.35. The monoisotopic (exact) mass is 730 g/mol. The van der Waals surface area contributed by atoms with Crippen molar-refractivity contribution in [2.45, 2.75) is 13.0 Å². The van der Waals surface area contributed by atoms with Crippen LogP contribution in [-0.4, -0.2) is 31.4 Å². The van der Waals surface area contributed by atoms with Crippen LogP contribution in [0.3, 0.4) is 0 Å². The van der Waals surface area contributed by atoms with E-state index in [2.05, 4.69) is 38.5 Å². The van der Waals surface area contributed by atoms with E-state index in [4.69, 9.17) is 19.2 Å². The van der Waals surface area contributed by atoms with Crippen molar-refractivity contribution < 1.29 is 19.0 Å². The number of nitrogens with zero attached hydrogens (tertiary/aromatic N) is 2. The molecule has 0 saturated heterocycles. The maximum Gasteiger partial charge on any atom is 0.338 e. The highest BCUT2D eigenvalue weighted by Crippen LogP contribution is 2.36. The maximum absolute atomic E-state index is 14.1. The van der Waals surface area contributed by atoms with Gasteiger partial charge in [0.05, 0.1) is 46.2 Å². The lowest BCUT2D eigenvalue weighted by molar-refractivity contribution is -0.138. The zero-order valence-corrected chi connectivity index (χ0v) is 26.4. The molecule has 0 amide bonds. The minimum absolute atomic E-state index is 0.186. The average molecular weight is 731 g/mol. The van der Waals surface area contributed by atoms with Crippen LogP contribution in [0.1, 0.15) is 29.7 Å². The van der Waals surface area contributed by atoms with Crippen molar-refractivity contribution in [1.82, 2.24) is 4.57 Å². The number of hydrogen-bond acceptors (Lipinski definition) is 7. The molecule has 7 nitrogen and oxygen atoms in total. The molecule has 2 heterocycles. The SMILES string of the molecule is CCOC(=O)C1=C(c2ccccc2)N=c2s/c(=C\c3cc(Br)cc(I)c3OC)c(=O)n2[C@H]1c1ccc(OC)cc1. The Morgan fingerprint density at radius 3 is 2.48 bits per heavy atom. The molecule has 10 heteroatoms. The predicted octanol–water partition coefficient (Wildman–Crippen LogP) is 5.32. The number of benzene rings is 3. The van der Waals surface area contributed by atoms with E-state index in [0.29, 0.717) is 32.1 Å². The number of aromatic nitrogens is 1. The molecule has 5 rings (SSSR count). The van der Waals surface area contributed by atoms with Gasteiger partial charge in [0.25, 0.3) is 5.56 Å². The van der Waals surface area contributed by atoms with Crippen LogP contribution in [0.4, 0.5) is 0 Å². The first-order valence-corrected chi connectivity index (χ1v) is 15.0. The minimum Gasteiger partial charge on any atom is -0.497 e. The van der Waals surface area contributed by atoms with E-state index in [1.807, 2.05) is 66.7 Å². The van der Waals surface area contributed by atoms with Crippen molar-refractivity contribution in [2.75, 3.05) is 20.8 Å². The van der Waals surface area contributed by atoms with Crippen LogP contribution in [-0.2, 0) is 9.53 Å². The summed E-state index contributed by atoms with van der Waals surface area (Å²) in [6, 6.07) is 19.9. The van der Waals surface area contributed by atoms with Gasteiger partial charge in [0, 0.05) is 15.6 Å². The highest BCUT2D eigenvalue weighted by Gasteiger charge is 2.35. The zero-order valence-electron chi connectivity index (χ0n) is 21.8. The summed E-state index contributed by atoms with van der Waals surface area (Å²) in [7, 11) is 3.19. The lowest BCUT2D eigenvalue weighted by atomic mass is 9.93. The Hall–Kier alpha value is -3.22. The summed E-state index contributed by atoms with van der Waals surface area (Å²) >= 11 is 7.01. The molecular weight excluding hydrogens is 707 g/mol. The third-order valence-corrected chi connectivity index (χ3v) is 8.58. The number of carbonyl (C=O) groups excluding carboxylic acids is 1. The average Bonchev–Trinajstić information content (AvgIpc) is 3.27. The second kappa shape index (κ2) is 12.1. The summed E-state index contributed by atoms with van der Waals surface area (Å²) in [5, 5.41) is 0. The zero-order chi connectivity index (χ0) is 28.4. The molecule has 0 saturated carbocycles. The van der Waals surface area contributed by atoms with Gasteiger partial charge < -0.3 is 14.2 Å². The Balaban J connectivity index is 1.84. The second-order valence-corrected chi connectivity index (χ2v) is 11.8. The van der Waals surface area contributed by atoms with Crippen molar-refractivity contribution in [3.05, 3.63) is 117 Å². The Labute approximate surface area is 256 Å². The molecule has 1 atom stereocenters. The number of rotatable bonds is 7. The van der Waals surface area contributed by atoms with E-state index in [1.54, 1.807) is 31.8 Å². The van der Waals surface area contributed by atoms with Crippen LogP contribution in [0.25, 0.3) is 11.8 Å². The molecule has 1 aliphatic heterocycles. The Kier molecular flexibility index (Phi) is 8.57. The van der Waals surface area contributed by atoms with Crippen LogP contribution in [0.5, 0.6) is 11.5 Å². The van der Waals surface area contributed by atoms with Gasteiger partial charge in [-0.05, 0) is 65.4 Å². The fraction of sp³-hybridized carbons (Fsp3) is 0.167. The van der Waals surface area contributed by atoms with E-state index in [9.17, 15) is 9.59 Å². The summed E-state index contributed by atoms with van der Waals surface area (Å²) in [5.74, 6) is 0.805. The fourth-order valence-electron chi connectivity index (χ4n) is 4.59. The van der Waals surface area contributed by atoms with Gasteiger partial charge in [-0.15, -0.1) is 0 Å². The molecule has 1 aromatic heterocycles. The standard InChI is InChI=1S/C30H24BrIN2O5S/c1-4-39-29(36)24-25(17-8-6-5-7-9-17)33-30-34(26(24)18-10-12-21(37-2)13-11-18)28(35)23(40-30)15-19-14-20(31)16-22(32)27(19)38-3/h5-16,26H,4H2,1-3H3/b23-15-/t26-/m0/s1. The largest absolute Gasteiger partial charge is 0.497 e. The third kappa shape index (κ3) is 5.39. The number of hydrogen-bond donors (Lipinski definition) is 0. The molecule has 0 spiro atoms. The number of ether oxygens (including phenoxy) is 3. The molecule has 1 aliphatic rings. The van der Waals surface area contributed by atoms with Gasteiger partial charge in [-0.3, -0.25) is 9.36 Å². The van der Waals surface area contributed by atoms with E-state index in [1.165, 1.54) is 11.3 Å². The Morgan fingerprint density at radius 2 is 1.82 bits per heavy atom. The number of methoxy groups -OCH3 is 2. The summed E-state index contributed by atoms with van der Waals surface area (Å²) in [6.45, 7) is 1.94. The summed E-state index contributed by atoms with van der Waals surface area (Å²) in [4.78, 5) is 33.0. The van der Waals surface area contributed by atoms with Crippen LogP contribution in [0.15, 0.2) is 86.6 Å². The lowest BCUT2D eigenvalue weighted by Gasteiger charge is -2.26. The van der Waals surface area contributed by atoms with Gasteiger partial charge in [0.15, 0.2) is 4.80 Å². The molecule has 0 bridgehead atoms. The summed E-state index contributed by atoms with van der Waals surface area (Å²) in [5.41, 5.74) is 2.74. The quantitative estimate of drug-likeness (QED) is 0.190. The Bertz CT molecular complexity index is 1800. The van der Waals surface area contributed by atoms with Gasteiger partial charge >= 0.3 is 5.97 Å². The summed E-state index contributed by atoms with van der Waals surface area (Å²) < 4.78 is 20.3. The highest BCUT2D eigenvalue weighted by atomic mass is 127. The van der Waals surface area contributed by atoms with Gasteiger partial charge in [0.1, 0.15) is 11.5 Å². The first-order chi connectivity index (χ1) is 19.4. The van der Waals surface area contributed by atoms with Gasteiger partial charge in [0.2, 0.25) is 0 Å². The number of halogens is 2. The van der Waals surface area contributed by atoms with Crippen LogP contribution in [0.2, 0.25) is 0 Å². The van der Waals surface area contributed by atoms with E-state index >= 15 is 0 Å². The predicted molar refractivity (Wildman–Crippen MR) is 167 cm³/mol. The molecule has 40 heavy (non-hydrogen) atoms. The normalized spacial score (nSPS) is 14.9. The van der Waals surface area contributed by atoms with Crippen molar-refractivity contribution in [3.63, 3.8) is 0 Å². The molecule has 4 aromatic rings. The van der Waals surface area contributed by atoms with Crippen molar-refractivity contribution >= 4 is 67.6 Å².